The lowest BCUT2D eigenvalue weighted by Gasteiger charge is -2.20. The smallest absolute Gasteiger partial charge is 0.225 e. The molecule has 0 radical (unpaired) electrons. The van der Waals surface area contributed by atoms with E-state index in [1.54, 1.807) is 16.8 Å². The molecule has 0 fully saturated rings. The first kappa shape index (κ1) is 16.6. The van der Waals surface area contributed by atoms with Gasteiger partial charge in [0.2, 0.25) is 5.91 Å². The lowest BCUT2D eigenvalue weighted by Crippen LogP contribution is -2.30. The molecule has 1 aliphatic rings. The van der Waals surface area contributed by atoms with Crippen LogP contribution in [0.15, 0.2) is 18.5 Å². The number of nitrogens with zero attached hydrogens (tertiary/aromatic N) is 3. The molecule has 1 amide bonds. The quantitative estimate of drug-likeness (QED) is 0.893. The summed E-state index contributed by atoms with van der Waals surface area (Å²) in [5, 5.41) is 7.52. The number of halogens is 1. The number of aryl methyl sites for hydroxylation is 1. The van der Waals surface area contributed by atoms with Crippen molar-refractivity contribution >= 4 is 17.5 Å². The third kappa shape index (κ3) is 3.46. The number of nitrogens with one attached hydrogen (secondary N) is 1. The van der Waals surface area contributed by atoms with Gasteiger partial charge in [-0.15, -0.1) is 0 Å². The van der Waals surface area contributed by atoms with Gasteiger partial charge in [-0.1, -0.05) is 11.6 Å². The van der Waals surface area contributed by atoms with Crippen LogP contribution in [0.1, 0.15) is 31.3 Å². The Morgan fingerprint density at radius 1 is 1.38 bits per heavy atom. The van der Waals surface area contributed by atoms with Crippen LogP contribution in [0.4, 0.5) is 0 Å². The molecule has 1 aromatic heterocycles. The molecule has 8 heteroatoms. The summed E-state index contributed by atoms with van der Waals surface area (Å²) in [7, 11) is 0. The first-order chi connectivity index (χ1) is 11.6. The minimum absolute atomic E-state index is 0.147. The molecule has 1 N–H and O–H groups in total. The topological polar surface area (TPSA) is 78.3 Å². The maximum atomic E-state index is 12.3. The average Bonchev–Trinajstić information content (AvgIpc) is 3.04. The molecule has 1 atom stereocenters. The predicted octanol–water partition coefficient (Wildman–Crippen LogP) is 2.14. The van der Waals surface area contributed by atoms with Crippen molar-refractivity contribution in [2.75, 3.05) is 13.2 Å². The van der Waals surface area contributed by atoms with Crippen LogP contribution in [0, 0.1) is 0 Å². The molecule has 128 valence electrons. The monoisotopic (exact) mass is 350 g/mol. The van der Waals surface area contributed by atoms with Crippen LogP contribution < -0.4 is 14.8 Å². The van der Waals surface area contributed by atoms with E-state index in [2.05, 4.69) is 15.4 Å². The number of aromatic nitrogens is 3. The van der Waals surface area contributed by atoms with Gasteiger partial charge in [-0.3, -0.25) is 4.79 Å². The fraction of sp³-hybridized carbons (Fsp3) is 0.438. The summed E-state index contributed by atoms with van der Waals surface area (Å²) in [5.41, 5.74) is 0.697. The lowest BCUT2D eigenvalue weighted by atomic mass is 10.1. The SMILES string of the molecule is CCn1ncnc1[C@@H](C)NC(=O)Cc1cc2c(cc1Cl)OCCO2. The Hall–Kier alpha value is -2.28. The normalized spacial score (nSPS) is 14.3. The molecule has 24 heavy (non-hydrogen) atoms. The summed E-state index contributed by atoms with van der Waals surface area (Å²) in [5.74, 6) is 1.80. The van der Waals surface area contributed by atoms with Crippen molar-refractivity contribution in [1.82, 2.24) is 20.1 Å². The highest BCUT2D eigenvalue weighted by molar-refractivity contribution is 6.31. The fourth-order valence-corrected chi connectivity index (χ4v) is 2.84. The van der Waals surface area contributed by atoms with Gasteiger partial charge in [0.25, 0.3) is 0 Å². The Morgan fingerprint density at radius 3 is 2.79 bits per heavy atom. The molecule has 0 unspecified atom stereocenters. The van der Waals surface area contributed by atoms with Crippen LogP contribution in [0.2, 0.25) is 5.02 Å². The molecule has 0 aliphatic carbocycles. The maximum absolute atomic E-state index is 12.3. The molecule has 2 aromatic rings. The van der Waals surface area contributed by atoms with Crippen molar-refractivity contribution in [1.29, 1.82) is 0 Å². The number of benzene rings is 1. The third-order valence-corrected chi connectivity index (χ3v) is 4.12. The van der Waals surface area contributed by atoms with Crippen molar-refractivity contribution in [3.05, 3.63) is 34.9 Å². The zero-order valence-corrected chi connectivity index (χ0v) is 14.3. The maximum Gasteiger partial charge on any atom is 0.225 e. The van der Waals surface area contributed by atoms with E-state index >= 15 is 0 Å². The van der Waals surface area contributed by atoms with Gasteiger partial charge in [0.05, 0.1) is 12.5 Å². The van der Waals surface area contributed by atoms with Crippen molar-refractivity contribution in [2.45, 2.75) is 32.9 Å². The Morgan fingerprint density at radius 2 is 2.08 bits per heavy atom. The minimum Gasteiger partial charge on any atom is -0.486 e. The molecule has 7 nitrogen and oxygen atoms in total. The zero-order valence-electron chi connectivity index (χ0n) is 13.6. The number of fused-ring (bicyclic) bond motifs is 1. The van der Waals surface area contributed by atoms with Crippen LogP contribution >= 0.6 is 11.6 Å². The van der Waals surface area contributed by atoms with Gasteiger partial charge in [0.15, 0.2) is 11.5 Å². The first-order valence-corrected chi connectivity index (χ1v) is 8.21. The van der Waals surface area contributed by atoms with E-state index < -0.39 is 0 Å². The van der Waals surface area contributed by atoms with Crippen LogP contribution in [0.3, 0.4) is 0 Å². The molecule has 1 aliphatic heterocycles. The van der Waals surface area contributed by atoms with Crippen molar-refractivity contribution in [2.24, 2.45) is 0 Å². The molecule has 3 rings (SSSR count). The van der Waals surface area contributed by atoms with Crippen molar-refractivity contribution < 1.29 is 14.3 Å². The first-order valence-electron chi connectivity index (χ1n) is 7.83. The van der Waals surface area contributed by atoms with E-state index in [0.29, 0.717) is 41.8 Å². The Labute approximate surface area is 144 Å². The van der Waals surface area contributed by atoms with E-state index in [9.17, 15) is 4.79 Å². The largest absolute Gasteiger partial charge is 0.486 e. The summed E-state index contributed by atoms with van der Waals surface area (Å²) in [6.07, 6.45) is 1.64. The summed E-state index contributed by atoms with van der Waals surface area (Å²) in [6.45, 7) is 5.54. The molecular formula is C16H19ClN4O3. The van der Waals surface area contributed by atoms with Gasteiger partial charge in [-0.25, -0.2) is 9.67 Å². The van der Waals surface area contributed by atoms with E-state index in [0.717, 1.165) is 5.82 Å². The second-order valence-corrected chi connectivity index (χ2v) is 5.89. The van der Waals surface area contributed by atoms with Crippen LogP contribution in [-0.4, -0.2) is 33.9 Å². The minimum atomic E-state index is -0.240. The third-order valence-electron chi connectivity index (χ3n) is 3.77. The number of carbonyl (C=O) groups is 1. The summed E-state index contributed by atoms with van der Waals surface area (Å²) in [6, 6.07) is 3.21. The number of rotatable bonds is 5. The van der Waals surface area contributed by atoms with Gasteiger partial charge in [0.1, 0.15) is 25.4 Å². The molecule has 0 saturated carbocycles. The van der Waals surface area contributed by atoms with E-state index in [1.165, 1.54) is 6.33 Å². The van der Waals surface area contributed by atoms with E-state index in [-0.39, 0.29) is 18.4 Å². The molecule has 1 aromatic carbocycles. The Bertz CT molecular complexity index is 747. The Balaban J connectivity index is 1.69. The summed E-state index contributed by atoms with van der Waals surface area (Å²) >= 11 is 6.25. The number of hydrogen-bond acceptors (Lipinski definition) is 5. The fourth-order valence-electron chi connectivity index (χ4n) is 2.62. The van der Waals surface area contributed by atoms with Crippen LogP contribution in [-0.2, 0) is 17.8 Å². The van der Waals surface area contributed by atoms with Crippen LogP contribution in [0.5, 0.6) is 11.5 Å². The van der Waals surface area contributed by atoms with Gasteiger partial charge in [-0.2, -0.15) is 5.10 Å². The number of amides is 1. The van der Waals surface area contributed by atoms with Gasteiger partial charge in [0, 0.05) is 17.6 Å². The molecule has 0 spiro atoms. The lowest BCUT2D eigenvalue weighted by molar-refractivity contribution is -0.121. The second-order valence-electron chi connectivity index (χ2n) is 5.49. The number of carbonyl (C=O) groups excluding carboxylic acids is 1. The van der Waals surface area contributed by atoms with Crippen molar-refractivity contribution in [3.8, 4) is 11.5 Å². The standard InChI is InChI=1S/C16H19ClN4O3/c1-3-21-16(18-9-19-21)10(2)20-15(22)7-11-6-13-14(8-12(11)17)24-5-4-23-13/h6,8-10H,3-5,7H2,1-2H3,(H,20,22)/t10-/m1/s1. The van der Waals surface area contributed by atoms with Gasteiger partial charge in [-0.05, 0) is 25.5 Å². The van der Waals surface area contributed by atoms with E-state index in [4.69, 9.17) is 21.1 Å². The Kier molecular flexibility index (Phi) is 4.89. The van der Waals surface area contributed by atoms with Gasteiger partial charge >= 0.3 is 0 Å². The van der Waals surface area contributed by atoms with E-state index in [1.807, 2.05) is 13.8 Å². The number of hydrogen-bond donors (Lipinski definition) is 1. The summed E-state index contributed by atoms with van der Waals surface area (Å²) < 4.78 is 12.8. The van der Waals surface area contributed by atoms with Crippen LogP contribution in [0.25, 0.3) is 0 Å². The zero-order chi connectivity index (χ0) is 17.1. The molecule has 0 saturated heterocycles. The predicted molar refractivity (Wildman–Crippen MR) is 88.4 cm³/mol. The molecular weight excluding hydrogens is 332 g/mol. The highest BCUT2D eigenvalue weighted by Gasteiger charge is 2.19. The second kappa shape index (κ2) is 7.09. The highest BCUT2D eigenvalue weighted by Crippen LogP contribution is 2.35. The molecule has 2 heterocycles. The highest BCUT2D eigenvalue weighted by atomic mass is 35.5. The molecule has 0 bridgehead atoms. The summed E-state index contributed by atoms with van der Waals surface area (Å²) in [4.78, 5) is 16.5. The average molecular weight is 351 g/mol. The number of ether oxygens (including phenoxy) is 2. The van der Waals surface area contributed by atoms with Crippen molar-refractivity contribution in [3.63, 3.8) is 0 Å². The van der Waals surface area contributed by atoms with Gasteiger partial charge < -0.3 is 14.8 Å².